The zero-order valence-electron chi connectivity index (χ0n) is 7.91. The molecule has 1 unspecified atom stereocenters. The summed E-state index contributed by atoms with van der Waals surface area (Å²) in [5.74, 6) is 0.0343. The molecule has 1 saturated heterocycles. The van der Waals surface area contributed by atoms with E-state index in [9.17, 15) is 9.59 Å². The van der Waals surface area contributed by atoms with E-state index in [2.05, 4.69) is 5.32 Å². The van der Waals surface area contributed by atoms with Crippen molar-refractivity contribution < 1.29 is 28.1 Å². The van der Waals surface area contributed by atoms with Crippen LogP contribution in [0.1, 0.15) is 20.3 Å². The Morgan fingerprint density at radius 3 is 2.69 bits per heavy atom. The number of amides is 2. The Hall–Kier alpha value is -0.476. The van der Waals surface area contributed by atoms with Crippen LogP contribution in [0.3, 0.4) is 0 Å². The summed E-state index contributed by atoms with van der Waals surface area (Å²) in [4.78, 5) is 23.7. The number of nitrogens with zero attached hydrogens (tertiary/aromatic N) is 1. The molecule has 5 heteroatoms. The van der Waals surface area contributed by atoms with Crippen LogP contribution in [0.2, 0.25) is 0 Å². The van der Waals surface area contributed by atoms with E-state index >= 15 is 0 Å². The maximum absolute atomic E-state index is 11.2. The van der Waals surface area contributed by atoms with Gasteiger partial charge in [0.2, 0.25) is 0 Å². The largest absolute Gasteiger partial charge is 0.338 e. The maximum Gasteiger partial charge on any atom is 0.318 e. The molecule has 0 bridgehead atoms. The number of urea groups is 1. The van der Waals surface area contributed by atoms with E-state index in [1.807, 2.05) is 0 Å². The summed E-state index contributed by atoms with van der Waals surface area (Å²) in [6.45, 7) is 4.67. The Morgan fingerprint density at radius 2 is 2.23 bits per heavy atom. The van der Waals surface area contributed by atoms with Gasteiger partial charge in [0.05, 0.1) is 6.04 Å². The van der Waals surface area contributed by atoms with Crippen LogP contribution in [0.5, 0.6) is 0 Å². The van der Waals surface area contributed by atoms with Gasteiger partial charge in [-0.3, -0.25) is 4.79 Å². The van der Waals surface area contributed by atoms with Gasteiger partial charge in [-0.15, -0.1) is 0 Å². The molecular formula is C8H14N2O2V. The first-order chi connectivity index (χ1) is 5.63. The first kappa shape index (κ1) is 12.5. The minimum atomic E-state index is -0.287. The minimum Gasteiger partial charge on any atom is -0.338 e. The van der Waals surface area contributed by atoms with Crippen LogP contribution in [-0.2, 0) is 23.4 Å². The van der Waals surface area contributed by atoms with Crippen LogP contribution in [0.15, 0.2) is 0 Å². The molecule has 1 heterocycles. The average Bonchev–Trinajstić information content (AvgIpc) is 2.04. The Labute approximate surface area is 89.9 Å². The van der Waals surface area contributed by atoms with Crippen molar-refractivity contribution in [1.82, 2.24) is 10.2 Å². The van der Waals surface area contributed by atoms with Gasteiger partial charge in [-0.05, 0) is 20.3 Å². The molecular weight excluding hydrogens is 207 g/mol. The van der Waals surface area contributed by atoms with E-state index in [1.54, 1.807) is 11.8 Å². The van der Waals surface area contributed by atoms with Crippen molar-refractivity contribution in [1.29, 1.82) is 0 Å². The Morgan fingerprint density at radius 1 is 1.62 bits per heavy atom. The third kappa shape index (κ3) is 3.05. The van der Waals surface area contributed by atoms with Crippen molar-refractivity contribution in [2.45, 2.75) is 26.3 Å². The normalized spacial score (nSPS) is 18.6. The molecule has 0 aromatic heterocycles. The fraction of sp³-hybridized carbons (Fsp3) is 0.750. The monoisotopic (exact) mass is 221 g/mol. The minimum absolute atomic E-state index is 0. The average molecular weight is 221 g/mol. The van der Waals surface area contributed by atoms with Crippen LogP contribution >= 0.6 is 0 Å². The van der Waals surface area contributed by atoms with Gasteiger partial charge in [-0.25, -0.2) is 4.79 Å². The molecule has 1 radical (unpaired) electrons. The number of Topliss-reactive ketones (excluding diaryl/α,β-unsaturated/α-hetero) is 1. The molecule has 0 spiro atoms. The number of nitrogens with one attached hydrogen (secondary N) is 1. The van der Waals surface area contributed by atoms with E-state index in [4.69, 9.17) is 0 Å². The van der Waals surface area contributed by atoms with Crippen molar-refractivity contribution in [3.05, 3.63) is 0 Å². The zero-order chi connectivity index (χ0) is 9.14. The summed E-state index contributed by atoms with van der Waals surface area (Å²) in [5, 5.41) is 2.70. The van der Waals surface area contributed by atoms with Crippen molar-refractivity contribution >= 4 is 11.8 Å². The molecule has 2 amide bonds. The van der Waals surface area contributed by atoms with E-state index in [-0.39, 0.29) is 36.4 Å². The Kier molecular flexibility index (Phi) is 5.10. The topological polar surface area (TPSA) is 49.4 Å². The van der Waals surface area contributed by atoms with Crippen molar-refractivity contribution in [2.75, 3.05) is 13.1 Å². The van der Waals surface area contributed by atoms with Gasteiger partial charge >= 0.3 is 6.03 Å². The SMILES string of the molecule is CC(=O)C(C)N1CCCNC1=O.[V]. The first-order valence-corrected chi connectivity index (χ1v) is 4.18. The van der Waals surface area contributed by atoms with Gasteiger partial charge in [0.15, 0.2) is 5.78 Å². The molecule has 1 aliphatic heterocycles. The van der Waals surface area contributed by atoms with Crippen molar-refractivity contribution in [3.8, 4) is 0 Å². The molecule has 73 valence electrons. The van der Waals surface area contributed by atoms with Crippen molar-refractivity contribution in [2.24, 2.45) is 0 Å². The van der Waals surface area contributed by atoms with Gasteiger partial charge in [0.25, 0.3) is 0 Å². The second kappa shape index (κ2) is 5.30. The molecule has 1 fully saturated rings. The van der Waals surface area contributed by atoms with Crippen LogP contribution in [0.25, 0.3) is 0 Å². The third-order valence-corrected chi connectivity index (χ3v) is 2.17. The predicted octanol–water partition coefficient (Wildman–Crippen LogP) is 0.377. The Balaban J connectivity index is 0.00000144. The fourth-order valence-electron chi connectivity index (χ4n) is 1.24. The summed E-state index contributed by atoms with van der Waals surface area (Å²) in [6, 6.07) is -0.408. The van der Waals surface area contributed by atoms with Crippen LogP contribution in [0.4, 0.5) is 4.79 Å². The number of hydrogen-bond acceptors (Lipinski definition) is 2. The molecule has 1 N–H and O–H groups in total. The quantitative estimate of drug-likeness (QED) is 0.732. The van der Waals surface area contributed by atoms with Crippen molar-refractivity contribution in [3.63, 3.8) is 0 Å². The Bertz CT molecular complexity index is 208. The molecule has 13 heavy (non-hydrogen) atoms. The summed E-state index contributed by atoms with van der Waals surface area (Å²) < 4.78 is 0. The smallest absolute Gasteiger partial charge is 0.318 e. The summed E-state index contributed by atoms with van der Waals surface area (Å²) in [7, 11) is 0. The summed E-state index contributed by atoms with van der Waals surface area (Å²) >= 11 is 0. The molecule has 1 atom stereocenters. The third-order valence-electron chi connectivity index (χ3n) is 2.17. The molecule has 0 aromatic rings. The predicted molar refractivity (Wildman–Crippen MR) is 44.9 cm³/mol. The molecule has 0 aliphatic carbocycles. The van der Waals surface area contributed by atoms with E-state index in [0.717, 1.165) is 13.0 Å². The van der Waals surface area contributed by atoms with Gasteiger partial charge < -0.3 is 10.2 Å². The second-order valence-corrected chi connectivity index (χ2v) is 3.07. The second-order valence-electron chi connectivity index (χ2n) is 3.07. The molecule has 1 aliphatic rings. The van der Waals surface area contributed by atoms with Crippen LogP contribution in [0, 0.1) is 0 Å². The standard InChI is InChI=1S/C8H14N2O2.V/c1-6(7(2)11)10-5-3-4-9-8(10)12;/h6H,3-5H2,1-2H3,(H,9,12);. The molecule has 4 nitrogen and oxygen atoms in total. The van der Waals surface area contributed by atoms with E-state index in [0.29, 0.717) is 6.54 Å². The van der Waals surface area contributed by atoms with Crippen LogP contribution < -0.4 is 5.32 Å². The zero-order valence-corrected chi connectivity index (χ0v) is 9.31. The van der Waals surface area contributed by atoms with Gasteiger partial charge in [-0.2, -0.15) is 0 Å². The fourth-order valence-corrected chi connectivity index (χ4v) is 1.24. The molecule has 0 saturated carbocycles. The number of hydrogen-bond donors (Lipinski definition) is 1. The van der Waals surface area contributed by atoms with E-state index in [1.165, 1.54) is 6.92 Å². The maximum atomic E-state index is 11.2. The van der Waals surface area contributed by atoms with Gasteiger partial charge in [0, 0.05) is 31.6 Å². The molecule has 1 rings (SSSR count). The first-order valence-electron chi connectivity index (χ1n) is 4.18. The number of rotatable bonds is 2. The number of ketones is 1. The molecule has 0 aromatic carbocycles. The van der Waals surface area contributed by atoms with Gasteiger partial charge in [0.1, 0.15) is 0 Å². The summed E-state index contributed by atoms with van der Waals surface area (Å²) in [5.41, 5.74) is 0. The summed E-state index contributed by atoms with van der Waals surface area (Å²) in [6.07, 6.45) is 0.920. The van der Waals surface area contributed by atoms with Gasteiger partial charge in [-0.1, -0.05) is 0 Å². The van der Waals surface area contributed by atoms with Crippen LogP contribution in [-0.4, -0.2) is 35.8 Å². The van der Waals surface area contributed by atoms with E-state index < -0.39 is 0 Å². The number of carbonyl (C=O) groups is 2. The number of carbonyl (C=O) groups excluding carboxylic acids is 2.